The van der Waals surface area contributed by atoms with Crippen molar-refractivity contribution in [2.24, 2.45) is 0 Å². The third-order valence-corrected chi connectivity index (χ3v) is 3.81. The quantitative estimate of drug-likeness (QED) is 0.670. The summed E-state index contributed by atoms with van der Waals surface area (Å²) >= 11 is 1.93. The molecule has 0 aliphatic carbocycles. The Bertz CT molecular complexity index is 186. The Hall–Kier alpha value is -0.220. The van der Waals surface area contributed by atoms with Crippen LogP contribution in [0.2, 0.25) is 0 Å². The first-order chi connectivity index (χ1) is 6.16. The molecule has 0 aromatic carbocycles. The molecular formula is C9H17NO2S. The summed E-state index contributed by atoms with van der Waals surface area (Å²) in [6.45, 7) is 5.34. The SMILES string of the molecule is COCC(=O)N1CCSC(C)C1C. The van der Waals surface area contributed by atoms with E-state index in [0.29, 0.717) is 11.3 Å². The van der Waals surface area contributed by atoms with E-state index in [4.69, 9.17) is 4.74 Å². The van der Waals surface area contributed by atoms with Crippen molar-refractivity contribution < 1.29 is 9.53 Å². The van der Waals surface area contributed by atoms with Gasteiger partial charge in [0.1, 0.15) is 6.61 Å². The Kier molecular flexibility index (Phi) is 4.06. The summed E-state index contributed by atoms with van der Waals surface area (Å²) in [6, 6.07) is 0.335. The van der Waals surface area contributed by atoms with Gasteiger partial charge in [0.05, 0.1) is 0 Å². The predicted octanol–water partition coefficient (Wildman–Crippen LogP) is 0.985. The van der Waals surface area contributed by atoms with Crippen molar-refractivity contribution in [3.63, 3.8) is 0 Å². The van der Waals surface area contributed by atoms with Crippen LogP contribution in [0.5, 0.6) is 0 Å². The molecule has 0 radical (unpaired) electrons. The van der Waals surface area contributed by atoms with Gasteiger partial charge in [0.25, 0.3) is 0 Å². The number of amides is 1. The van der Waals surface area contributed by atoms with E-state index < -0.39 is 0 Å². The van der Waals surface area contributed by atoms with Crippen LogP contribution in [0, 0.1) is 0 Å². The number of hydrogen-bond acceptors (Lipinski definition) is 3. The molecule has 4 heteroatoms. The lowest BCUT2D eigenvalue weighted by molar-refractivity contribution is -0.137. The Morgan fingerprint density at radius 1 is 1.62 bits per heavy atom. The molecular weight excluding hydrogens is 186 g/mol. The van der Waals surface area contributed by atoms with Gasteiger partial charge in [0, 0.05) is 30.7 Å². The smallest absolute Gasteiger partial charge is 0.248 e. The largest absolute Gasteiger partial charge is 0.375 e. The molecule has 0 bridgehead atoms. The van der Waals surface area contributed by atoms with Gasteiger partial charge in [-0.05, 0) is 6.92 Å². The highest BCUT2D eigenvalue weighted by molar-refractivity contribution is 8.00. The summed E-state index contributed by atoms with van der Waals surface area (Å²) in [6.07, 6.45) is 0. The molecule has 0 aromatic rings. The maximum Gasteiger partial charge on any atom is 0.248 e. The lowest BCUT2D eigenvalue weighted by atomic mass is 10.2. The van der Waals surface area contributed by atoms with Crippen molar-refractivity contribution in [1.29, 1.82) is 0 Å². The molecule has 13 heavy (non-hydrogen) atoms. The van der Waals surface area contributed by atoms with Gasteiger partial charge in [-0.3, -0.25) is 4.79 Å². The monoisotopic (exact) mass is 203 g/mol. The minimum absolute atomic E-state index is 0.113. The second kappa shape index (κ2) is 4.86. The van der Waals surface area contributed by atoms with Gasteiger partial charge in [-0.2, -0.15) is 11.8 Å². The number of thioether (sulfide) groups is 1. The van der Waals surface area contributed by atoms with Crippen LogP contribution in [0.25, 0.3) is 0 Å². The highest BCUT2D eigenvalue weighted by Gasteiger charge is 2.28. The molecule has 0 saturated carbocycles. The molecule has 1 amide bonds. The summed E-state index contributed by atoms with van der Waals surface area (Å²) in [7, 11) is 1.56. The van der Waals surface area contributed by atoms with Gasteiger partial charge >= 0.3 is 0 Å². The Morgan fingerprint density at radius 2 is 2.31 bits per heavy atom. The van der Waals surface area contributed by atoms with Gasteiger partial charge in [-0.1, -0.05) is 6.92 Å². The number of methoxy groups -OCH3 is 1. The van der Waals surface area contributed by atoms with Crippen molar-refractivity contribution in [2.75, 3.05) is 26.0 Å². The fourth-order valence-corrected chi connectivity index (χ4v) is 2.59. The zero-order valence-electron chi connectivity index (χ0n) is 8.45. The molecule has 1 heterocycles. The number of ether oxygens (including phenoxy) is 1. The van der Waals surface area contributed by atoms with E-state index in [0.717, 1.165) is 12.3 Å². The van der Waals surface area contributed by atoms with Crippen LogP contribution in [-0.2, 0) is 9.53 Å². The van der Waals surface area contributed by atoms with E-state index in [-0.39, 0.29) is 12.5 Å². The van der Waals surface area contributed by atoms with Crippen molar-refractivity contribution >= 4 is 17.7 Å². The molecule has 1 aliphatic rings. The topological polar surface area (TPSA) is 29.5 Å². The Balaban J connectivity index is 2.52. The summed E-state index contributed by atoms with van der Waals surface area (Å²) in [5.74, 6) is 1.16. The molecule has 3 nitrogen and oxygen atoms in total. The summed E-state index contributed by atoms with van der Waals surface area (Å²) in [5.41, 5.74) is 0. The number of hydrogen-bond donors (Lipinski definition) is 0. The van der Waals surface area contributed by atoms with Gasteiger partial charge in [0.2, 0.25) is 5.91 Å². The lowest BCUT2D eigenvalue weighted by Gasteiger charge is -2.37. The van der Waals surface area contributed by atoms with Crippen LogP contribution in [0.3, 0.4) is 0 Å². The van der Waals surface area contributed by atoms with Gasteiger partial charge in [0.15, 0.2) is 0 Å². The molecule has 1 saturated heterocycles. The normalized spacial score (nSPS) is 29.0. The first-order valence-electron chi connectivity index (χ1n) is 4.57. The Labute approximate surface area is 83.8 Å². The standard InChI is InChI=1S/C9H17NO2S/c1-7-8(2)13-5-4-10(7)9(11)6-12-3/h7-8H,4-6H2,1-3H3. The second-order valence-electron chi connectivity index (χ2n) is 3.34. The molecule has 2 atom stereocenters. The third kappa shape index (κ3) is 2.61. The van der Waals surface area contributed by atoms with Crippen molar-refractivity contribution in [3.05, 3.63) is 0 Å². The molecule has 1 fully saturated rings. The summed E-state index contributed by atoms with van der Waals surface area (Å²) in [4.78, 5) is 13.5. The highest BCUT2D eigenvalue weighted by atomic mass is 32.2. The minimum atomic E-state index is 0.113. The van der Waals surface area contributed by atoms with Gasteiger partial charge < -0.3 is 9.64 Å². The van der Waals surface area contributed by atoms with Crippen molar-refractivity contribution in [3.8, 4) is 0 Å². The maximum absolute atomic E-state index is 11.5. The lowest BCUT2D eigenvalue weighted by Crippen LogP contribution is -2.49. The zero-order chi connectivity index (χ0) is 9.84. The molecule has 1 aliphatic heterocycles. The number of nitrogens with zero attached hydrogens (tertiary/aromatic N) is 1. The van der Waals surface area contributed by atoms with E-state index in [2.05, 4.69) is 13.8 Å². The average Bonchev–Trinajstić information content (AvgIpc) is 2.10. The van der Waals surface area contributed by atoms with Crippen LogP contribution >= 0.6 is 11.8 Å². The van der Waals surface area contributed by atoms with E-state index in [1.54, 1.807) is 7.11 Å². The van der Waals surface area contributed by atoms with Crippen LogP contribution in [0.1, 0.15) is 13.8 Å². The number of carbonyl (C=O) groups excluding carboxylic acids is 1. The fourth-order valence-electron chi connectivity index (χ4n) is 1.49. The van der Waals surface area contributed by atoms with E-state index in [9.17, 15) is 4.79 Å². The zero-order valence-corrected chi connectivity index (χ0v) is 9.26. The van der Waals surface area contributed by atoms with Crippen LogP contribution in [0.4, 0.5) is 0 Å². The first-order valence-corrected chi connectivity index (χ1v) is 5.61. The average molecular weight is 203 g/mol. The van der Waals surface area contributed by atoms with Crippen molar-refractivity contribution in [1.82, 2.24) is 4.90 Å². The summed E-state index contributed by atoms with van der Waals surface area (Å²) < 4.78 is 4.84. The maximum atomic E-state index is 11.5. The first kappa shape index (κ1) is 10.9. The molecule has 2 unspecified atom stereocenters. The van der Waals surface area contributed by atoms with Crippen molar-refractivity contribution in [2.45, 2.75) is 25.1 Å². The molecule has 76 valence electrons. The number of carbonyl (C=O) groups is 1. The molecule has 0 aromatic heterocycles. The predicted molar refractivity (Wildman–Crippen MR) is 55.0 cm³/mol. The van der Waals surface area contributed by atoms with Gasteiger partial charge in [-0.25, -0.2) is 0 Å². The summed E-state index contributed by atoms with van der Waals surface area (Å²) in [5, 5.41) is 0.537. The minimum Gasteiger partial charge on any atom is -0.375 e. The van der Waals surface area contributed by atoms with E-state index >= 15 is 0 Å². The van der Waals surface area contributed by atoms with E-state index in [1.165, 1.54) is 0 Å². The highest BCUT2D eigenvalue weighted by Crippen LogP contribution is 2.23. The van der Waals surface area contributed by atoms with Gasteiger partial charge in [-0.15, -0.1) is 0 Å². The second-order valence-corrected chi connectivity index (χ2v) is 4.82. The van der Waals surface area contributed by atoms with E-state index in [1.807, 2.05) is 16.7 Å². The van der Waals surface area contributed by atoms with Crippen LogP contribution < -0.4 is 0 Å². The Morgan fingerprint density at radius 3 is 2.92 bits per heavy atom. The molecule has 0 N–H and O–H groups in total. The van der Waals surface area contributed by atoms with Crippen LogP contribution in [0.15, 0.2) is 0 Å². The number of rotatable bonds is 2. The molecule has 1 rings (SSSR count). The third-order valence-electron chi connectivity index (χ3n) is 2.47. The molecule has 0 spiro atoms. The fraction of sp³-hybridized carbons (Fsp3) is 0.889. The van der Waals surface area contributed by atoms with Crippen LogP contribution in [-0.4, -0.2) is 48.1 Å².